The zero-order valence-electron chi connectivity index (χ0n) is 10.0. The van der Waals surface area contributed by atoms with Gasteiger partial charge in [-0.2, -0.15) is 0 Å². The predicted molar refractivity (Wildman–Crippen MR) is 66.4 cm³/mol. The molecule has 0 N–H and O–H groups in total. The number of ketones is 1. The van der Waals surface area contributed by atoms with E-state index in [9.17, 15) is 4.79 Å². The summed E-state index contributed by atoms with van der Waals surface area (Å²) in [5, 5.41) is 0. The maximum atomic E-state index is 11.5. The van der Waals surface area contributed by atoms with E-state index in [2.05, 4.69) is 12.1 Å². The van der Waals surface area contributed by atoms with Crippen molar-refractivity contribution in [2.45, 2.75) is 31.6 Å². The van der Waals surface area contributed by atoms with E-state index in [4.69, 9.17) is 4.74 Å². The van der Waals surface area contributed by atoms with Gasteiger partial charge in [-0.05, 0) is 42.5 Å². The Bertz CT molecular complexity index is 500. The van der Waals surface area contributed by atoms with Crippen molar-refractivity contribution >= 4 is 5.78 Å². The number of benzene rings is 1. The molecule has 0 saturated heterocycles. The van der Waals surface area contributed by atoms with E-state index in [1.54, 1.807) is 7.11 Å². The molecule has 2 nitrogen and oxygen atoms in total. The van der Waals surface area contributed by atoms with Gasteiger partial charge in [-0.3, -0.25) is 4.79 Å². The van der Waals surface area contributed by atoms with Crippen molar-refractivity contribution in [3.05, 3.63) is 41.0 Å². The number of fused-ring (bicyclic) bond motifs is 3. The van der Waals surface area contributed by atoms with Crippen molar-refractivity contribution in [2.75, 3.05) is 7.11 Å². The highest BCUT2D eigenvalue weighted by Gasteiger charge is 2.29. The van der Waals surface area contributed by atoms with Crippen LogP contribution in [0.1, 0.15) is 36.3 Å². The van der Waals surface area contributed by atoms with Gasteiger partial charge in [0, 0.05) is 12.3 Å². The summed E-state index contributed by atoms with van der Waals surface area (Å²) < 4.78 is 5.43. The van der Waals surface area contributed by atoms with Gasteiger partial charge in [-0.15, -0.1) is 0 Å². The van der Waals surface area contributed by atoms with Gasteiger partial charge >= 0.3 is 0 Å². The second-order valence-corrected chi connectivity index (χ2v) is 4.80. The quantitative estimate of drug-likeness (QED) is 0.738. The van der Waals surface area contributed by atoms with Gasteiger partial charge in [-0.25, -0.2) is 0 Å². The smallest absolute Gasteiger partial charge is 0.155 e. The maximum absolute atomic E-state index is 11.5. The Labute approximate surface area is 101 Å². The first-order valence-electron chi connectivity index (χ1n) is 6.18. The topological polar surface area (TPSA) is 26.3 Å². The first kappa shape index (κ1) is 10.6. The van der Waals surface area contributed by atoms with Crippen molar-refractivity contribution < 1.29 is 9.53 Å². The number of rotatable bonds is 1. The summed E-state index contributed by atoms with van der Waals surface area (Å²) in [5.74, 6) is 1.74. The van der Waals surface area contributed by atoms with Crippen LogP contribution in [0.5, 0.6) is 5.75 Å². The summed E-state index contributed by atoms with van der Waals surface area (Å²) in [4.78, 5) is 11.5. The molecule has 0 amide bonds. The van der Waals surface area contributed by atoms with Gasteiger partial charge in [0.1, 0.15) is 5.75 Å². The Kier molecular flexibility index (Phi) is 2.50. The monoisotopic (exact) mass is 228 g/mol. The summed E-state index contributed by atoms with van der Waals surface area (Å²) in [5.41, 5.74) is 4.03. The van der Waals surface area contributed by atoms with Crippen molar-refractivity contribution in [3.63, 3.8) is 0 Å². The molecule has 0 fully saturated rings. The van der Waals surface area contributed by atoms with E-state index in [1.165, 1.54) is 16.7 Å². The van der Waals surface area contributed by atoms with Crippen LogP contribution >= 0.6 is 0 Å². The van der Waals surface area contributed by atoms with Gasteiger partial charge in [0.2, 0.25) is 0 Å². The highest BCUT2D eigenvalue weighted by atomic mass is 16.5. The number of methoxy groups -OCH3 is 1. The third-order valence-electron chi connectivity index (χ3n) is 3.90. The molecule has 1 aromatic carbocycles. The molecule has 0 radical (unpaired) electrons. The van der Waals surface area contributed by atoms with Crippen molar-refractivity contribution in [3.8, 4) is 5.75 Å². The molecule has 0 aromatic heterocycles. The molecule has 0 heterocycles. The minimum atomic E-state index is 0.294. The first-order valence-corrected chi connectivity index (χ1v) is 6.18. The van der Waals surface area contributed by atoms with Crippen LogP contribution in [0.4, 0.5) is 0 Å². The number of carbonyl (C=O) groups excluding carboxylic acids is 1. The zero-order chi connectivity index (χ0) is 11.8. The molecule has 17 heavy (non-hydrogen) atoms. The van der Waals surface area contributed by atoms with Crippen LogP contribution in [0.25, 0.3) is 0 Å². The largest absolute Gasteiger partial charge is 0.496 e. The SMILES string of the molecule is COc1cccc2c1CCC1=CC(=O)CCC12. The highest BCUT2D eigenvalue weighted by Crippen LogP contribution is 2.43. The Morgan fingerprint density at radius 1 is 1.24 bits per heavy atom. The van der Waals surface area contributed by atoms with Gasteiger partial charge in [0.15, 0.2) is 5.78 Å². The Hall–Kier alpha value is -1.57. The summed E-state index contributed by atoms with van der Waals surface area (Å²) in [6.45, 7) is 0. The number of carbonyl (C=O) groups is 1. The molecule has 1 unspecified atom stereocenters. The van der Waals surface area contributed by atoms with E-state index in [-0.39, 0.29) is 0 Å². The molecule has 88 valence electrons. The first-order chi connectivity index (χ1) is 8.29. The normalized spacial score (nSPS) is 22.5. The molecular formula is C15H16O2. The Morgan fingerprint density at radius 3 is 2.94 bits per heavy atom. The zero-order valence-corrected chi connectivity index (χ0v) is 10.0. The fourth-order valence-corrected chi connectivity index (χ4v) is 3.09. The summed E-state index contributed by atoms with van der Waals surface area (Å²) in [6.07, 6.45) is 5.52. The summed E-state index contributed by atoms with van der Waals surface area (Å²) in [6, 6.07) is 6.27. The molecule has 0 bridgehead atoms. The number of hydrogen-bond donors (Lipinski definition) is 0. The fourth-order valence-electron chi connectivity index (χ4n) is 3.09. The molecule has 0 aliphatic heterocycles. The number of allylic oxidation sites excluding steroid dienone is 2. The molecule has 2 heteroatoms. The highest BCUT2D eigenvalue weighted by molar-refractivity contribution is 5.91. The van der Waals surface area contributed by atoms with Crippen LogP contribution in [-0.4, -0.2) is 12.9 Å². The molecule has 1 atom stereocenters. The molecule has 3 rings (SSSR count). The van der Waals surface area contributed by atoms with Crippen molar-refractivity contribution in [1.29, 1.82) is 0 Å². The lowest BCUT2D eigenvalue weighted by Gasteiger charge is -2.31. The van der Waals surface area contributed by atoms with Crippen LogP contribution in [-0.2, 0) is 11.2 Å². The minimum absolute atomic E-state index is 0.294. The number of ether oxygens (including phenoxy) is 1. The van der Waals surface area contributed by atoms with E-state index in [0.29, 0.717) is 18.1 Å². The average molecular weight is 228 g/mol. The van der Waals surface area contributed by atoms with Crippen molar-refractivity contribution in [2.24, 2.45) is 0 Å². The second kappa shape index (κ2) is 4.02. The third kappa shape index (κ3) is 1.68. The lowest BCUT2D eigenvalue weighted by Crippen LogP contribution is -2.19. The van der Waals surface area contributed by atoms with E-state index < -0.39 is 0 Å². The second-order valence-electron chi connectivity index (χ2n) is 4.80. The molecular weight excluding hydrogens is 212 g/mol. The van der Waals surface area contributed by atoms with Crippen LogP contribution in [0, 0.1) is 0 Å². The fraction of sp³-hybridized carbons (Fsp3) is 0.400. The molecule has 1 aromatic rings. The molecule has 2 aliphatic carbocycles. The lowest BCUT2D eigenvalue weighted by molar-refractivity contribution is -0.115. The molecule has 0 spiro atoms. The average Bonchev–Trinajstić information content (AvgIpc) is 2.37. The maximum Gasteiger partial charge on any atom is 0.155 e. The van der Waals surface area contributed by atoms with Gasteiger partial charge in [0.05, 0.1) is 7.11 Å². The van der Waals surface area contributed by atoms with Crippen molar-refractivity contribution in [1.82, 2.24) is 0 Å². The molecule has 0 saturated carbocycles. The molecule has 2 aliphatic rings. The standard InChI is InChI=1S/C15H16O2/c1-17-15-4-2-3-13-12-8-6-11(16)9-10(12)5-7-14(13)15/h2-4,9,12H,5-8H2,1H3. The third-order valence-corrected chi connectivity index (χ3v) is 3.90. The van der Waals surface area contributed by atoms with Crippen LogP contribution < -0.4 is 4.74 Å². The lowest BCUT2D eigenvalue weighted by atomic mass is 9.73. The predicted octanol–water partition coefficient (Wildman–Crippen LogP) is 3.01. The van der Waals surface area contributed by atoms with Crippen LogP contribution in [0.15, 0.2) is 29.8 Å². The van der Waals surface area contributed by atoms with Gasteiger partial charge in [0.25, 0.3) is 0 Å². The summed E-state index contributed by atoms with van der Waals surface area (Å²) in [7, 11) is 1.73. The Balaban J connectivity index is 2.09. The van der Waals surface area contributed by atoms with Crippen LogP contribution in [0.2, 0.25) is 0 Å². The van der Waals surface area contributed by atoms with Crippen LogP contribution in [0.3, 0.4) is 0 Å². The minimum Gasteiger partial charge on any atom is -0.496 e. The van der Waals surface area contributed by atoms with E-state index in [0.717, 1.165) is 25.0 Å². The number of hydrogen-bond acceptors (Lipinski definition) is 2. The van der Waals surface area contributed by atoms with Gasteiger partial charge < -0.3 is 4.74 Å². The van der Waals surface area contributed by atoms with E-state index >= 15 is 0 Å². The summed E-state index contributed by atoms with van der Waals surface area (Å²) >= 11 is 0. The van der Waals surface area contributed by atoms with E-state index in [1.807, 2.05) is 12.1 Å². The Morgan fingerprint density at radius 2 is 2.12 bits per heavy atom. The van der Waals surface area contributed by atoms with Gasteiger partial charge in [-0.1, -0.05) is 17.7 Å².